The average molecular weight is 336 g/mol. The van der Waals surface area contributed by atoms with Crippen molar-refractivity contribution in [2.45, 2.75) is 32.2 Å². The van der Waals surface area contributed by atoms with E-state index in [0.717, 1.165) is 36.2 Å². The van der Waals surface area contributed by atoms with Gasteiger partial charge in [0.25, 0.3) is 0 Å². The fourth-order valence-electron chi connectivity index (χ4n) is 2.70. The van der Waals surface area contributed by atoms with Gasteiger partial charge in [-0.2, -0.15) is 9.47 Å². The quantitative estimate of drug-likeness (QED) is 0.797. The number of nitrogens with zero attached hydrogens (tertiary/aromatic N) is 5. The topological polar surface area (TPSA) is 68.1 Å². The molecule has 2 aromatic heterocycles. The van der Waals surface area contributed by atoms with Gasteiger partial charge in [0.1, 0.15) is 5.82 Å². The average Bonchev–Trinajstić information content (AvgIpc) is 3.22. The van der Waals surface area contributed by atoms with Crippen molar-refractivity contribution in [3.8, 4) is 0 Å². The summed E-state index contributed by atoms with van der Waals surface area (Å²) in [5.41, 5.74) is 0.957. The number of hydrogen-bond donors (Lipinski definition) is 1. The van der Waals surface area contributed by atoms with Gasteiger partial charge >= 0.3 is 0 Å². The second-order valence-corrected chi connectivity index (χ2v) is 6.53. The number of rotatable bonds is 8. The molecule has 2 aromatic rings. The zero-order chi connectivity index (χ0) is 15.9. The Balaban J connectivity index is 1.47. The molecule has 0 bridgehead atoms. The largest absolute Gasteiger partial charge is 0.384 e. The van der Waals surface area contributed by atoms with Crippen LogP contribution in [0.25, 0.3) is 0 Å². The van der Waals surface area contributed by atoms with E-state index in [0.29, 0.717) is 6.61 Å². The molecule has 1 fully saturated rings. The van der Waals surface area contributed by atoms with Gasteiger partial charge in [-0.15, -0.1) is 0 Å². The van der Waals surface area contributed by atoms with Crippen molar-refractivity contribution < 1.29 is 4.74 Å². The SMILES string of the molecule is COCCc1nsc(Nc2cnn(CCN3CCCCC3)c2)n1. The summed E-state index contributed by atoms with van der Waals surface area (Å²) in [7, 11) is 1.68. The summed E-state index contributed by atoms with van der Waals surface area (Å²) in [5.74, 6) is 0.817. The molecular formula is C15H24N6OS. The number of aromatic nitrogens is 4. The molecule has 1 saturated heterocycles. The fraction of sp³-hybridized carbons (Fsp3) is 0.667. The standard InChI is InChI=1S/C15H24N6OS/c1-22-10-5-14-18-15(23-19-14)17-13-11-16-21(12-13)9-8-20-6-3-2-4-7-20/h11-12H,2-10H2,1H3,(H,17,18,19). The van der Waals surface area contributed by atoms with Crippen molar-refractivity contribution in [1.82, 2.24) is 24.0 Å². The van der Waals surface area contributed by atoms with Crippen LogP contribution < -0.4 is 5.32 Å². The Morgan fingerprint density at radius 3 is 2.96 bits per heavy atom. The third-order valence-electron chi connectivity index (χ3n) is 3.98. The molecule has 126 valence electrons. The predicted molar refractivity (Wildman–Crippen MR) is 91.3 cm³/mol. The Morgan fingerprint density at radius 1 is 1.26 bits per heavy atom. The molecule has 1 N–H and O–H groups in total. The predicted octanol–water partition coefficient (Wildman–Crippen LogP) is 2.15. The van der Waals surface area contributed by atoms with Gasteiger partial charge in [-0.1, -0.05) is 6.42 Å². The maximum absolute atomic E-state index is 5.04. The van der Waals surface area contributed by atoms with Crippen molar-refractivity contribution in [3.05, 3.63) is 18.2 Å². The van der Waals surface area contributed by atoms with Crippen LogP contribution >= 0.6 is 11.5 Å². The first-order chi connectivity index (χ1) is 11.3. The van der Waals surface area contributed by atoms with E-state index in [1.807, 2.05) is 17.1 Å². The van der Waals surface area contributed by atoms with Crippen LogP contribution in [0, 0.1) is 0 Å². The van der Waals surface area contributed by atoms with E-state index >= 15 is 0 Å². The molecular weight excluding hydrogens is 312 g/mol. The van der Waals surface area contributed by atoms with E-state index in [4.69, 9.17) is 4.74 Å². The number of methoxy groups -OCH3 is 1. The van der Waals surface area contributed by atoms with Gasteiger partial charge in [0.2, 0.25) is 5.13 Å². The summed E-state index contributed by atoms with van der Waals surface area (Å²) in [6.45, 7) is 5.09. The highest BCUT2D eigenvalue weighted by atomic mass is 32.1. The van der Waals surface area contributed by atoms with Crippen LogP contribution in [0.3, 0.4) is 0 Å². The lowest BCUT2D eigenvalue weighted by molar-refractivity contribution is 0.201. The van der Waals surface area contributed by atoms with E-state index in [-0.39, 0.29) is 0 Å². The molecule has 0 spiro atoms. The maximum atomic E-state index is 5.04. The van der Waals surface area contributed by atoms with Crippen LogP contribution in [-0.2, 0) is 17.7 Å². The van der Waals surface area contributed by atoms with Crippen molar-refractivity contribution in [2.24, 2.45) is 0 Å². The van der Waals surface area contributed by atoms with E-state index in [1.54, 1.807) is 7.11 Å². The molecule has 3 heterocycles. The number of ether oxygens (including phenoxy) is 1. The third-order valence-corrected chi connectivity index (χ3v) is 4.64. The zero-order valence-electron chi connectivity index (χ0n) is 13.6. The second kappa shape index (κ2) is 8.37. The monoisotopic (exact) mass is 336 g/mol. The first-order valence-corrected chi connectivity index (χ1v) is 8.94. The molecule has 0 amide bonds. The van der Waals surface area contributed by atoms with Crippen LogP contribution in [0.4, 0.5) is 10.8 Å². The summed E-state index contributed by atoms with van der Waals surface area (Å²) >= 11 is 1.37. The van der Waals surface area contributed by atoms with Crippen molar-refractivity contribution in [1.29, 1.82) is 0 Å². The molecule has 0 saturated carbocycles. The smallest absolute Gasteiger partial charge is 0.207 e. The van der Waals surface area contributed by atoms with Gasteiger partial charge in [0.15, 0.2) is 0 Å². The van der Waals surface area contributed by atoms with Gasteiger partial charge < -0.3 is 15.0 Å². The van der Waals surface area contributed by atoms with Crippen LogP contribution in [0.5, 0.6) is 0 Å². The van der Waals surface area contributed by atoms with Crippen molar-refractivity contribution >= 4 is 22.4 Å². The molecule has 0 unspecified atom stereocenters. The minimum Gasteiger partial charge on any atom is -0.384 e. The first-order valence-electron chi connectivity index (χ1n) is 8.17. The Kier molecular flexibility index (Phi) is 5.95. The number of likely N-dealkylation sites (tertiary alicyclic amines) is 1. The van der Waals surface area contributed by atoms with Crippen molar-refractivity contribution in [2.75, 3.05) is 38.7 Å². The van der Waals surface area contributed by atoms with E-state index in [2.05, 4.69) is 24.7 Å². The highest BCUT2D eigenvalue weighted by Crippen LogP contribution is 2.18. The van der Waals surface area contributed by atoms with Crippen LogP contribution in [0.15, 0.2) is 12.4 Å². The highest BCUT2D eigenvalue weighted by Gasteiger charge is 2.10. The molecule has 0 atom stereocenters. The lowest BCUT2D eigenvalue weighted by Gasteiger charge is -2.26. The maximum Gasteiger partial charge on any atom is 0.207 e. The summed E-state index contributed by atoms with van der Waals surface area (Å²) in [6, 6.07) is 0. The lowest BCUT2D eigenvalue weighted by atomic mass is 10.1. The molecule has 1 aliphatic heterocycles. The van der Waals surface area contributed by atoms with Gasteiger partial charge in [-0.3, -0.25) is 4.68 Å². The van der Waals surface area contributed by atoms with Crippen LogP contribution in [0.2, 0.25) is 0 Å². The van der Waals surface area contributed by atoms with Gasteiger partial charge in [-0.25, -0.2) is 4.98 Å². The summed E-state index contributed by atoms with van der Waals surface area (Å²) in [4.78, 5) is 6.96. The molecule has 7 nitrogen and oxygen atoms in total. The Hall–Kier alpha value is -1.51. The van der Waals surface area contributed by atoms with Crippen molar-refractivity contribution in [3.63, 3.8) is 0 Å². The molecule has 3 rings (SSSR count). The highest BCUT2D eigenvalue weighted by molar-refractivity contribution is 7.09. The zero-order valence-corrected chi connectivity index (χ0v) is 14.4. The molecule has 0 radical (unpaired) electrons. The molecule has 0 aliphatic carbocycles. The molecule has 8 heteroatoms. The third kappa shape index (κ3) is 4.98. The Morgan fingerprint density at radius 2 is 2.13 bits per heavy atom. The lowest BCUT2D eigenvalue weighted by Crippen LogP contribution is -2.32. The first kappa shape index (κ1) is 16.4. The minimum absolute atomic E-state index is 0.643. The van der Waals surface area contributed by atoms with Gasteiger partial charge in [0, 0.05) is 37.8 Å². The number of nitrogens with one attached hydrogen (secondary N) is 1. The summed E-state index contributed by atoms with van der Waals surface area (Å²) in [5, 5.41) is 8.48. The minimum atomic E-state index is 0.643. The Bertz CT molecular complexity index is 592. The fourth-order valence-corrected chi connectivity index (χ4v) is 3.33. The van der Waals surface area contributed by atoms with E-state index < -0.39 is 0 Å². The normalized spacial score (nSPS) is 15.9. The number of hydrogen-bond acceptors (Lipinski definition) is 7. The van der Waals surface area contributed by atoms with E-state index in [9.17, 15) is 0 Å². The molecule has 1 aliphatic rings. The second-order valence-electron chi connectivity index (χ2n) is 5.78. The number of anilines is 2. The van der Waals surface area contributed by atoms with E-state index in [1.165, 1.54) is 43.9 Å². The molecule has 23 heavy (non-hydrogen) atoms. The summed E-state index contributed by atoms with van der Waals surface area (Å²) < 4.78 is 11.3. The van der Waals surface area contributed by atoms with Gasteiger partial charge in [-0.05, 0) is 25.9 Å². The van der Waals surface area contributed by atoms with Gasteiger partial charge in [0.05, 0.1) is 25.0 Å². The van der Waals surface area contributed by atoms with Crippen LogP contribution in [-0.4, -0.2) is 57.4 Å². The summed E-state index contributed by atoms with van der Waals surface area (Å²) in [6.07, 6.45) is 8.64. The van der Waals surface area contributed by atoms with Crippen LogP contribution in [0.1, 0.15) is 25.1 Å². The Labute approximate surface area is 140 Å². The number of piperidine rings is 1. The molecule has 0 aromatic carbocycles.